The van der Waals surface area contributed by atoms with Gasteiger partial charge in [0.1, 0.15) is 5.82 Å². The quantitative estimate of drug-likeness (QED) is 0.587. The fraction of sp³-hybridized carbons (Fsp3) is 0.211. The molecule has 0 atom stereocenters. The van der Waals surface area contributed by atoms with E-state index in [-0.39, 0.29) is 6.42 Å². The smallest absolute Gasteiger partial charge is 0.303 e. The van der Waals surface area contributed by atoms with Crippen molar-refractivity contribution in [3.63, 3.8) is 0 Å². The number of imidazole rings is 2. The van der Waals surface area contributed by atoms with Crippen molar-refractivity contribution in [2.45, 2.75) is 25.9 Å². The van der Waals surface area contributed by atoms with Gasteiger partial charge in [-0.15, -0.1) is 0 Å². The summed E-state index contributed by atoms with van der Waals surface area (Å²) < 4.78 is 4.19. The molecule has 0 bridgehead atoms. The highest BCUT2D eigenvalue weighted by atomic mass is 16.4. The minimum Gasteiger partial charge on any atom is -0.481 e. The molecule has 0 unspecified atom stereocenters. The summed E-state index contributed by atoms with van der Waals surface area (Å²) in [6.45, 7) is 1.23. The minimum absolute atomic E-state index is 0.153. The highest BCUT2D eigenvalue weighted by molar-refractivity contribution is 5.77. The van der Waals surface area contributed by atoms with Gasteiger partial charge in [-0.2, -0.15) is 0 Å². The number of benzene rings is 2. The molecule has 4 aromatic rings. The number of carbonyl (C=O) groups is 1. The number of hydrogen-bond acceptors (Lipinski definition) is 3. The van der Waals surface area contributed by atoms with Crippen LogP contribution in [0.5, 0.6) is 0 Å². The van der Waals surface area contributed by atoms with Crippen molar-refractivity contribution in [1.29, 1.82) is 0 Å². The fourth-order valence-electron chi connectivity index (χ4n) is 3.17. The number of para-hydroxylation sites is 4. The summed E-state index contributed by atoms with van der Waals surface area (Å²) in [5.74, 6) is 0.140. The van der Waals surface area contributed by atoms with Crippen molar-refractivity contribution in [3.05, 3.63) is 60.7 Å². The zero-order chi connectivity index (χ0) is 17.2. The molecule has 0 amide bonds. The molecule has 6 heteroatoms. The molecule has 0 saturated carbocycles. The number of aliphatic carboxylic acids is 1. The number of aryl methyl sites for hydroxylation is 1. The third-order valence-corrected chi connectivity index (χ3v) is 4.35. The molecule has 0 saturated heterocycles. The Balaban J connectivity index is 1.71. The first-order chi connectivity index (χ1) is 12.2. The lowest BCUT2D eigenvalue weighted by Crippen LogP contribution is -2.09. The van der Waals surface area contributed by atoms with Gasteiger partial charge in [-0.25, -0.2) is 9.97 Å². The SMILES string of the molecule is O=C(O)CCCn1c(Cn2cnc3ccccc32)nc2ccccc21. The van der Waals surface area contributed by atoms with Gasteiger partial charge in [-0.05, 0) is 30.7 Å². The minimum atomic E-state index is -0.772. The summed E-state index contributed by atoms with van der Waals surface area (Å²) >= 11 is 0. The number of carboxylic acid groups (broad SMARTS) is 1. The van der Waals surface area contributed by atoms with E-state index in [9.17, 15) is 4.79 Å². The van der Waals surface area contributed by atoms with Crippen LogP contribution >= 0.6 is 0 Å². The average Bonchev–Trinajstić information content (AvgIpc) is 3.17. The van der Waals surface area contributed by atoms with Crippen LogP contribution in [0.3, 0.4) is 0 Å². The van der Waals surface area contributed by atoms with Gasteiger partial charge in [0.25, 0.3) is 0 Å². The highest BCUT2D eigenvalue weighted by Gasteiger charge is 2.12. The maximum atomic E-state index is 10.8. The lowest BCUT2D eigenvalue weighted by Gasteiger charge is -2.10. The molecule has 25 heavy (non-hydrogen) atoms. The summed E-state index contributed by atoms with van der Waals surface area (Å²) in [5, 5.41) is 8.91. The van der Waals surface area contributed by atoms with E-state index < -0.39 is 5.97 Å². The van der Waals surface area contributed by atoms with Gasteiger partial charge in [-0.3, -0.25) is 4.79 Å². The average molecular weight is 334 g/mol. The van der Waals surface area contributed by atoms with Crippen LogP contribution < -0.4 is 0 Å². The van der Waals surface area contributed by atoms with Crippen LogP contribution in [0.2, 0.25) is 0 Å². The Bertz CT molecular complexity index is 1050. The zero-order valence-corrected chi connectivity index (χ0v) is 13.7. The third kappa shape index (κ3) is 2.98. The van der Waals surface area contributed by atoms with E-state index in [4.69, 9.17) is 10.1 Å². The predicted molar refractivity (Wildman–Crippen MR) is 95.4 cm³/mol. The molecule has 0 aliphatic carbocycles. The Hall–Kier alpha value is -3.15. The Morgan fingerprint density at radius 3 is 2.52 bits per heavy atom. The van der Waals surface area contributed by atoms with Crippen LogP contribution in [0, 0.1) is 0 Å². The molecule has 126 valence electrons. The van der Waals surface area contributed by atoms with Crippen LogP contribution in [-0.4, -0.2) is 30.2 Å². The maximum Gasteiger partial charge on any atom is 0.303 e. The van der Waals surface area contributed by atoms with E-state index in [0.29, 0.717) is 19.5 Å². The maximum absolute atomic E-state index is 10.8. The van der Waals surface area contributed by atoms with E-state index >= 15 is 0 Å². The first-order valence-electron chi connectivity index (χ1n) is 8.28. The standard InChI is InChI=1S/C19H18N4O2/c24-19(25)10-5-11-23-17-9-4-2-7-15(17)21-18(23)12-22-13-20-14-6-1-3-8-16(14)22/h1-4,6-9,13H,5,10-12H2,(H,24,25). The van der Waals surface area contributed by atoms with E-state index in [1.54, 1.807) is 0 Å². The summed E-state index contributed by atoms with van der Waals surface area (Å²) in [6, 6.07) is 16.0. The predicted octanol–water partition coefficient (Wildman–Crippen LogP) is 3.30. The summed E-state index contributed by atoms with van der Waals surface area (Å²) in [7, 11) is 0. The number of carboxylic acids is 1. The molecule has 2 aromatic heterocycles. The summed E-state index contributed by atoms with van der Waals surface area (Å²) in [6.07, 6.45) is 2.55. The van der Waals surface area contributed by atoms with Crippen LogP contribution in [0.25, 0.3) is 22.1 Å². The van der Waals surface area contributed by atoms with Crippen molar-refractivity contribution in [3.8, 4) is 0 Å². The Morgan fingerprint density at radius 1 is 1.00 bits per heavy atom. The topological polar surface area (TPSA) is 72.9 Å². The number of hydrogen-bond donors (Lipinski definition) is 1. The molecule has 0 aliphatic heterocycles. The second kappa shape index (κ2) is 6.39. The van der Waals surface area contributed by atoms with Crippen molar-refractivity contribution in [2.24, 2.45) is 0 Å². The molecule has 0 fully saturated rings. The Labute approximate surface area is 144 Å². The van der Waals surface area contributed by atoms with E-state index in [2.05, 4.69) is 14.1 Å². The molecule has 6 nitrogen and oxygen atoms in total. The van der Waals surface area contributed by atoms with Gasteiger partial charge in [0, 0.05) is 13.0 Å². The van der Waals surface area contributed by atoms with Crippen LogP contribution in [-0.2, 0) is 17.9 Å². The van der Waals surface area contributed by atoms with Crippen molar-refractivity contribution >= 4 is 28.0 Å². The number of aromatic nitrogens is 4. The summed E-state index contributed by atoms with van der Waals surface area (Å²) in [5.41, 5.74) is 3.98. The molecule has 2 heterocycles. The van der Waals surface area contributed by atoms with Gasteiger partial charge in [0.2, 0.25) is 0 Å². The first-order valence-corrected chi connectivity index (χ1v) is 8.28. The van der Waals surface area contributed by atoms with E-state index in [0.717, 1.165) is 27.9 Å². The molecule has 4 rings (SSSR count). The lowest BCUT2D eigenvalue weighted by atomic mass is 10.3. The largest absolute Gasteiger partial charge is 0.481 e. The molecular formula is C19H18N4O2. The Morgan fingerprint density at radius 2 is 1.72 bits per heavy atom. The van der Waals surface area contributed by atoms with Crippen LogP contribution in [0.4, 0.5) is 0 Å². The van der Waals surface area contributed by atoms with E-state index in [1.807, 2.05) is 54.9 Å². The van der Waals surface area contributed by atoms with E-state index in [1.165, 1.54) is 0 Å². The molecule has 1 N–H and O–H groups in total. The third-order valence-electron chi connectivity index (χ3n) is 4.35. The van der Waals surface area contributed by atoms with Crippen molar-refractivity contribution < 1.29 is 9.90 Å². The molecule has 0 spiro atoms. The van der Waals surface area contributed by atoms with Crippen LogP contribution in [0.1, 0.15) is 18.7 Å². The van der Waals surface area contributed by atoms with Crippen LogP contribution in [0.15, 0.2) is 54.9 Å². The first kappa shape index (κ1) is 15.4. The molecule has 0 radical (unpaired) electrons. The second-order valence-electron chi connectivity index (χ2n) is 6.03. The molecule has 0 aliphatic rings. The Kier molecular flexibility index (Phi) is 3.93. The van der Waals surface area contributed by atoms with Gasteiger partial charge in [0.15, 0.2) is 0 Å². The number of rotatable bonds is 6. The van der Waals surface area contributed by atoms with Crippen molar-refractivity contribution in [1.82, 2.24) is 19.1 Å². The van der Waals surface area contributed by atoms with Gasteiger partial charge in [0.05, 0.1) is 34.9 Å². The van der Waals surface area contributed by atoms with Crippen molar-refractivity contribution in [2.75, 3.05) is 0 Å². The fourth-order valence-corrected chi connectivity index (χ4v) is 3.17. The lowest BCUT2D eigenvalue weighted by molar-refractivity contribution is -0.137. The second-order valence-corrected chi connectivity index (χ2v) is 6.03. The molecular weight excluding hydrogens is 316 g/mol. The number of fused-ring (bicyclic) bond motifs is 2. The highest BCUT2D eigenvalue weighted by Crippen LogP contribution is 2.20. The van der Waals surface area contributed by atoms with Gasteiger partial charge >= 0.3 is 5.97 Å². The monoisotopic (exact) mass is 334 g/mol. The number of nitrogens with zero attached hydrogens (tertiary/aromatic N) is 4. The molecule has 2 aromatic carbocycles. The zero-order valence-electron chi connectivity index (χ0n) is 13.7. The summed E-state index contributed by atoms with van der Waals surface area (Å²) in [4.78, 5) is 20.0. The van der Waals surface area contributed by atoms with Gasteiger partial charge in [-0.1, -0.05) is 24.3 Å². The van der Waals surface area contributed by atoms with Gasteiger partial charge < -0.3 is 14.2 Å². The normalized spacial score (nSPS) is 11.4.